The summed E-state index contributed by atoms with van der Waals surface area (Å²) in [4.78, 5) is 0.840. The summed E-state index contributed by atoms with van der Waals surface area (Å²) < 4.78 is 0. The van der Waals surface area contributed by atoms with E-state index in [1.54, 1.807) is 0 Å². The molecule has 0 nitrogen and oxygen atoms in total. The number of hydrogen-bond acceptors (Lipinski definition) is 1. The largest absolute Gasteiger partial charge is 1.00 e. The van der Waals surface area contributed by atoms with Gasteiger partial charge < -0.3 is 12.6 Å². The summed E-state index contributed by atoms with van der Waals surface area (Å²) in [7, 11) is 0. The summed E-state index contributed by atoms with van der Waals surface area (Å²) >= 11 is 4.89. The van der Waals surface area contributed by atoms with Gasteiger partial charge in [0.2, 0.25) is 0 Å². The van der Waals surface area contributed by atoms with E-state index >= 15 is 0 Å². The SMILES string of the molecule is [CH2-]c1ccccc1[S-].[Li+].[Li+]. The molecule has 0 bridgehead atoms. The molecule has 0 aliphatic carbocycles. The molecular weight excluding hydrogens is 130 g/mol. The van der Waals surface area contributed by atoms with Gasteiger partial charge >= 0.3 is 37.7 Å². The fourth-order valence-corrected chi connectivity index (χ4v) is 0.650. The van der Waals surface area contributed by atoms with Crippen LogP contribution in [0.3, 0.4) is 0 Å². The van der Waals surface area contributed by atoms with Gasteiger partial charge in [-0.25, -0.2) is 12.5 Å². The monoisotopic (exact) mass is 136 g/mol. The first-order chi connectivity index (χ1) is 3.80. The maximum atomic E-state index is 4.89. The van der Waals surface area contributed by atoms with Crippen molar-refractivity contribution < 1.29 is 37.7 Å². The number of hydrogen-bond donors (Lipinski definition) is 0. The molecule has 0 aliphatic heterocycles. The molecule has 0 N–H and O–H groups in total. The van der Waals surface area contributed by atoms with Gasteiger partial charge in [0.05, 0.1) is 0 Å². The standard InChI is InChI=1S/C7H7S.2Li/c1-6-4-2-3-5-7(6)8;;/h2-5,8H,1H2;;/q-1;2*+1/p-1. The second-order valence-electron chi connectivity index (χ2n) is 1.61. The minimum atomic E-state index is 0. The molecule has 1 rings (SSSR count). The van der Waals surface area contributed by atoms with Gasteiger partial charge in [-0.15, -0.1) is 12.1 Å². The van der Waals surface area contributed by atoms with E-state index in [1.807, 2.05) is 24.3 Å². The van der Waals surface area contributed by atoms with Gasteiger partial charge in [-0.1, -0.05) is 6.07 Å². The van der Waals surface area contributed by atoms with Gasteiger partial charge in [0.25, 0.3) is 0 Å². The average Bonchev–Trinajstić information content (AvgIpc) is 1.77. The van der Waals surface area contributed by atoms with Crippen LogP contribution in [-0.4, -0.2) is 0 Å². The molecule has 0 unspecified atom stereocenters. The Morgan fingerprint density at radius 1 is 1.10 bits per heavy atom. The minimum Gasteiger partial charge on any atom is -0.858 e. The van der Waals surface area contributed by atoms with Crippen molar-refractivity contribution in [1.29, 1.82) is 0 Å². The Hall–Kier alpha value is 0.505. The van der Waals surface area contributed by atoms with E-state index < -0.39 is 0 Å². The molecule has 0 atom stereocenters. The zero-order valence-corrected chi connectivity index (χ0v) is 7.24. The van der Waals surface area contributed by atoms with Gasteiger partial charge in [0.1, 0.15) is 0 Å². The van der Waals surface area contributed by atoms with Crippen LogP contribution < -0.4 is 37.7 Å². The van der Waals surface area contributed by atoms with Gasteiger partial charge in [-0.05, 0) is 0 Å². The molecule has 0 radical (unpaired) electrons. The molecule has 0 spiro atoms. The number of benzene rings is 1. The van der Waals surface area contributed by atoms with Crippen LogP contribution >= 0.6 is 0 Å². The predicted molar refractivity (Wildman–Crippen MR) is 36.5 cm³/mol. The van der Waals surface area contributed by atoms with Crippen molar-refractivity contribution in [3.63, 3.8) is 0 Å². The topological polar surface area (TPSA) is 0 Å². The first kappa shape index (κ1) is 13.1. The molecule has 0 saturated carbocycles. The van der Waals surface area contributed by atoms with Gasteiger partial charge in [-0.3, -0.25) is 4.90 Å². The quantitative estimate of drug-likeness (QED) is 0.198. The normalized spacial score (nSPS) is 7.20. The van der Waals surface area contributed by atoms with Crippen molar-refractivity contribution in [1.82, 2.24) is 0 Å². The van der Waals surface area contributed by atoms with Crippen LogP contribution in [0.2, 0.25) is 0 Å². The van der Waals surface area contributed by atoms with E-state index in [9.17, 15) is 0 Å². The molecule has 0 saturated heterocycles. The molecule has 42 valence electrons. The Morgan fingerprint density at radius 3 is 1.90 bits per heavy atom. The van der Waals surface area contributed by atoms with E-state index in [2.05, 4.69) is 6.92 Å². The van der Waals surface area contributed by atoms with E-state index in [-0.39, 0.29) is 37.7 Å². The first-order valence-corrected chi connectivity index (χ1v) is 2.79. The Morgan fingerprint density at radius 2 is 1.60 bits per heavy atom. The van der Waals surface area contributed by atoms with Crippen molar-refractivity contribution in [2.24, 2.45) is 0 Å². The smallest absolute Gasteiger partial charge is 0.858 e. The van der Waals surface area contributed by atoms with E-state index in [0.29, 0.717) is 0 Å². The van der Waals surface area contributed by atoms with Gasteiger partial charge in [-0.2, -0.15) is 6.07 Å². The third kappa shape index (κ3) is 3.62. The second-order valence-corrected chi connectivity index (χ2v) is 2.05. The molecule has 0 heterocycles. The fraction of sp³-hybridized carbons (Fsp3) is 0. The van der Waals surface area contributed by atoms with Crippen molar-refractivity contribution in [3.05, 3.63) is 36.8 Å². The van der Waals surface area contributed by atoms with Crippen molar-refractivity contribution in [3.8, 4) is 0 Å². The minimum absolute atomic E-state index is 0. The average molecular weight is 136 g/mol. The molecule has 0 aliphatic rings. The summed E-state index contributed by atoms with van der Waals surface area (Å²) in [5.41, 5.74) is 0.933. The van der Waals surface area contributed by atoms with Crippen LogP contribution in [0.15, 0.2) is 29.2 Å². The Balaban J connectivity index is 0. The predicted octanol–water partition coefficient (Wildman–Crippen LogP) is -4.22. The maximum absolute atomic E-state index is 4.89. The Kier molecular flexibility index (Phi) is 8.17. The third-order valence-corrected chi connectivity index (χ3v) is 1.37. The zero-order chi connectivity index (χ0) is 5.98. The molecule has 1 aromatic rings. The van der Waals surface area contributed by atoms with Crippen molar-refractivity contribution >= 4 is 12.6 Å². The molecule has 3 heteroatoms. The van der Waals surface area contributed by atoms with Crippen LogP contribution in [0.5, 0.6) is 0 Å². The Labute approximate surface area is 91.5 Å². The molecule has 1 aromatic carbocycles. The zero-order valence-electron chi connectivity index (χ0n) is 6.42. The summed E-state index contributed by atoms with van der Waals surface area (Å²) in [5.74, 6) is 0. The van der Waals surface area contributed by atoms with Crippen LogP contribution in [0.1, 0.15) is 5.56 Å². The summed E-state index contributed by atoms with van der Waals surface area (Å²) in [6.07, 6.45) is 0. The summed E-state index contributed by atoms with van der Waals surface area (Å²) in [5, 5.41) is 0. The molecule has 0 fully saturated rings. The second kappa shape index (κ2) is 6.23. The van der Waals surface area contributed by atoms with Crippen LogP contribution in [0, 0.1) is 6.92 Å². The molecule has 0 aromatic heterocycles. The van der Waals surface area contributed by atoms with Crippen molar-refractivity contribution in [2.75, 3.05) is 0 Å². The van der Waals surface area contributed by atoms with E-state index in [1.165, 1.54) is 0 Å². The maximum Gasteiger partial charge on any atom is 1.00 e. The first-order valence-electron chi connectivity index (χ1n) is 2.39. The molecular formula is C7H6Li2S. The van der Waals surface area contributed by atoms with Crippen LogP contribution in [-0.2, 0) is 12.6 Å². The van der Waals surface area contributed by atoms with Gasteiger partial charge in [0.15, 0.2) is 0 Å². The van der Waals surface area contributed by atoms with Crippen molar-refractivity contribution in [2.45, 2.75) is 4.90 Å². The Bertz CT molecular complexity index is 168. The molecule has 0 amide bonds. The fourth-order valence-electron chi connectivity index (χ4n) is 0.504. The summed E-state index contributed by atoms with van der Waals surface area (Å²) in [6, 6.07) is 7.62. The number of rotatable bonds is 0. The summed E-state index contributed by atoms with van der Waals surface area (Å²) in [6.45, 7) is 3.72. The van der Waals surface area contributed by atoms with E-state index in [4.69, 9.17) is 12.6 Å². The van der Waals surface area contributed by atoms with Crippen LogP contribution in [0.25, 0.3) is 0 Å². The van der Waals surface area contributed by atoms with E-state index in [0.717, 1.165) is 10.5 Å². The third-order valence-electron chi connectivity index (χ3n) is 0.973. The van der Waals surface area contributed by atoms with Crippen LogP contribution in [0.4, 0.5) is 0 Å². The van der Waals surface area contributed by atoms with Gasteiger partial charge in [0, 0.05) is 0 Å². The molecule has 10 heavy (non-hydrogen) atoms.